The number of benzene rings is 1. The van der Waals surface area contributed by atoms with E-state index in [-0.39, 0.29) is 18.2 Å². The summed E-state index contributed by atoms with van der Waals surface area (Å²) in [5.74, 6) is 0. The van der Waals surface area contributed by atoms with Crippen LogP contribution in [-0.2, 0) is 11.3 Å². The third-order valence-electron chi connectivity index (χ3n) is 6.87. The number of ether oxygens (including phenoxy) is 1. The third-order valence-corrected chi connectivity index (χ3v) is 6.87. The molecule has 1 aromatic carbocycles. The molecule has 1 atom stereocenters. The maximum Gasteiger partial charge on any atom is 0.410 e. The minimum absolute atomic E-state index is 0.177. The highest BCUT2D eigenvalue weighted by atomic mass is 16.6. The van der Waals surface area contributed by atoms with Crippen LogP contribution in [0.3, 0.4) is 0 Å². The van der Waals surface area contributed by atoms with E-state index in [9.17, 15) is 14.7 Å². The minimum Gasteiger partial charge on any atom is -0.444 e. The number of carbonyl (C=O) groups excluding carboxylic acids is 1. The second kappa shape index (κ2) is 8.35. The predicted molar refractivity (Wildman–Crippen MR) is 122 cm³/mol. The normalized spacial score (nSPS) is 22.8. The maximum absolute atomic E-state index is 12.9. The molecule has 1 saturated heterocycles. The van der Waals surface area contributed by atoms with Gasteiger partial charge in [0.2, 0.25) is 0 Å². The van der Waals surface area contributed by atoms with Crippen molar-refractivity contribution in [3.05, 3.63) is 53.1 Å². The Labute approximate surface area is 189 Å². The van der Waals surface area contributed by atoms with Crippen LogP contribution in [-0.4, -0.2) is 49.9 Å². The van der Waals surface area contributed by atoms with Crippen LogP contribution in [0, 0.1) is 5.41 Å². The lowest BCUT2D eigenvalue weighted by atomic mass is 9.66. The molecule has 7 heteroatoms. The molecule has 2 fully saturated rings. The number of aromatic nitrogens is 2. The Morgan fingerprint density at radius 2 is 1.84 bits per heavy atom. The molecule has 7 nitrogen and oxygen atoms in total. The number of amides is 1. The Balaban J connectivity index is 1.57. The summed E-state index contributed by atoms with van der Waals surface area (Å²) in [7, 11) is 0. The number of nitrogens with zero attached hydrogens (tertiary/aromatic N) is 3. The Bertz CT molecular complexity index is 1020. The zero-order valence-electron chi connectivity index (χ0n) is 19.2. The molecule has 2 aromatic rings. The average molecular weight is 440 g/mol. The number of piperidine rings is 1. The molecule has 32 heavy (non-hydrogen) atoms. The monoisotopic (exact) mass is 439 g/mol. The van der Waals surface area contributed by atoms with Gasteiger partial charge in [0.25, 0.3) is 5.56 Å². The second-order valence-corrected chi connectivity index (χ2v) is 10.3. The number of likely N-dealkylation sites (tertiary alicyclic amines) is 1. The fourth-order valence-electron chi connectivity index (χ4n) is 5.17. The highest BCUT2D eigenvalue weighted by Crippen LogP contribution is 2.51. The first-order valence-corrected chi connectivity index (χ1v) is 11.4. The van der Waals surface area contributed by atoms with E-state index in [2.05, 4.69) is 4.98 Å². The summed E-state index contributed by atoms with van der Waals surface area (Å²) >= 11 is 0. The first kappa shape index (κ1) is 22.5. The van der Waals surface area contributed by atoms with Crippen molar-refractivity contribution in [2.24, 2.45) is 5.41 Å². The molecule has 172 valence electrons. The molecule has 1 aliphatic heterocycles. The predicted octanol–water partition coefficient (Wildman–Crippen LogP) is 3.84. The molecule has 2 aliphatic rings. The van der Waals surface area contributed by atoms with Gasteiger partial charge in [-0.25, -0.2) is 9.78 Å². The highest BCUT2D eigenvalue weighted by molar-refractivity contribution is 5.68. The van der Waals surface area contributed by atoms with Gasteiger partial charge in [-0.05, 0) is 40.0 Å². The van der Waals surface area contributed by atoms with Gasteiger partial charge in [0.05, 0.1) is 24.2 Å². The summed E-state index contributed by atoms with van der Waals surface area (Å²) in [4.78, 5) is 31.8. The Morgan fingerprint density at radius 3 is 2.47 bits per heavy atom. The zero-order valence-corrected chi connectivity index (χ0v) is 19.2. The highest BCUT2D eigenvalue weighted by Gasteiger charge is 2.56. The second-order valence-electron chi connectivity index (χ2n) is 10.3. The maximum atomic E-state index is 12.9. The zero-order chi connectivity index (χ0) is 23.0. The summed E-state index contributed by atoms with van der Waals surface area (Å²) in [6.45, 7) is 6.59. The summed E-state index contributed by atoms with van der Waals surface area (Å²) in [6, 6.07) is 11.1. The Hall–Kier alpha value is -2.67. The lowest BCUT2D eigenvalue weighted by Crippen LogP contribution is -2.62. The first-order chi connectivity index (χ1) is 15.1. The van der Waals surface area contributed by atoms with Crippen molar-refractivity contribution >= 4 is 6.09 Å². The van der Waals surface area contributed by atoms with Crippen LogP contribution in [0.4, 0.5) is 4.79 Å². The molecule has 1 spiro atoms. The van der Waals surface area contributed by atoms with Crippen molar-refractivity contribution < 1.29 is 14.6 Å². The summed E-state index contributed by atoms with van der Waals surface area (Å²) in [5.41, 5.74) is -0.771. The lowest BCUT2D eigenvalue weighted by Gasteiger charge is -2.52. The lowest BCUT2D eigenvalue weighted by molar-refractivity contribution is -0.140. The summed E-state index contributed by atoms with van der Waals surface area (Å²) in [5, 5.41) is 11.9. The number of rotatable bonds is 3. The number of aliphatic hydroxyl groups is 1. The fourth-order valence-corrected chi connectivity index (χ4v) is 5.17. The van der Waals surface area contributed by atoms with Crippen molar-refractivity contribution in [1.82, 2.24) is 14.5 Å². The SMILES string of the molecule is CC(C)(C)OC(=O)N1CC[C@@](O)(Cn2cnc(-c3ccccc3)cc2=O)C2(CCCC2)C1. The smallest absolute Gasteiger partial charge is 0.410 e. The van der Waals surface area contributed by atoms with Gasteiger partial charge in [-0.2, -0.15) is 0 Å². The van der Waals surface area contributed by atoms with E-state index < -0.39 is 16.6 Å². The van der Waals surface area contributed by atoms with Gasteiger partial charge in [0.1, 0.15) is 5.60 Å². The van der Waals surface area contributed by atoms with E-state index in [1.807, 2.05) is 51.1 Å². The van der Waals surface area contributed by atoms with E-state index in [1.54, 1.807) is 4.90 Å². The van der Waals surface area contributed by atoms with Gasteiger partial charge in [0, 0.05) is 30.1 Å². The molecule has 2 heterocycles. The molecule has 1 N–H and O–H groups in total. The van der Waals surface area contributed by atoms with Crippen LogP contribution >= 0.6 is 0 Å². The molecule has 1 saturated carbocycles. The van der Waals surface area contributed by atoms with Crippen LogP contribution in [0.25, 0.3) is 11.3 Å². The number of carbonyl (C=O) groups is 1. The summed E-state index contributed by atoms with van der Waals surface area (Å²) < 4.78 is 7.09. The van der Waals surface area contributed by atoms with E-state index >= 15 is 0 Å². The van der Waals surface area contributed by atoms with Crippen LogP contribution in [0.15, 0.2) is 47.5 Å². The molecule has 0 unspecified atom stereocenters. The molecule has 4 rings (SSSR count). The van der Waals surface area contributed by atoms with Gasteiger partial charge in [-0.1, -0.05) is 43.2 Å². The molecule has 1 aromatic heterocycles. The fraction of sp³-hybridized carbons (Fsp3) is 0.560. The van der Waals surface area contributed by atoms with E-state index in [1.165, 1.54) is 17.0 Å². The topological polar surface area (TPSA) is 84.7 Å². The van der Waals surface area contributed by atoms with Gasteiger partial charge >= 0.3 is 6.09 Å². The van der Waals surface area contributed by atoms with Crippen molar-refractivity contribution in [3.63, 3.8) is 0 Å². The quantitative estimate of drug-likeness (QED) is 0.785. The molecule has 0 bridgehead atoms. The van der Waals surface area contributed by atoms with Crippen molar-refractivity contribution in [2.75, 3.05) is 13.1 Å². The molecule has 0 radical (unpaired) electrons. The van der Waals surface area contributed by atoms with Crippen LogP contribution in [0.2, 0.25) is 0 Å². The van der Waals surface area contributed by atoms with Gasteiger partial charge in [0.15, 0.2) is 0 Å². The van der Waals surface area contributed by atoms with Crippen LogP contribution in [0.1, 0.15) is 52.9 Å². The van der Waals surface area contributed by atoms with E-state index in [0.717, 1.165) is 31.2 Å². The standard InChI is InChI=1S/C25H33N3O4/c1-23(2,3)32-22(30)27-14-13-25(31,24(16-27)11-7-8-12-24)17-28-18-26-20(15-21(28)29)19-9-5-4-6-10-19/h4-6,9-10,15,18,31H,7-8,11-14,16-17H2,1-3H3/t25-/m1/s1. The Morgan fingerprint density at radius 1 is 1.16 bits per heavy atom. The third kappa shape index (κ3) is 4.44. The van der Waals surface area contributed by atoms with Crippen LogP contribution < -0.4 is 5.56 Å². The van der Waals surface area contributed by atoms with Gasteiger partial charge in [-0.3, -0.25) is 9.36 Å². The average Bonchev–Trinajstić information content (AvgIpc) is 3.21. The number of hydrogen-bond acceptors (Lipinski definition) is 5. The van der Waals surface area contributed by atoms with Crippen molar-refractivity contribution in [1.29, 1.82) is 0 Å². The number of hydrogen-bond donors (Lipinski definition) is 1. The van der Waals surface area contributed by atoms with E-state index in [4.69, 9.17) is 4.74 Å². The van der Waals surface area contributed by atoms with Crippen LogP contribution in [0.5, 0.6) is 0 Å². The van der Waals surface area contributed by atoms with E-state index in [0.29, 0.717) is 25.2 Å². The molecular weight excluding hydrogens is 406 g/mol. The van der Waals surface area contributed by atoms with Gasteiger partial charge in [-0.15, -0.1) is 0 Å². The summed E-state index contributed by atoms with van der Waals surface area (Å²) in [6.07, 6.45) is 5.26. The molecule has 1 amide bonds. The molecule has 1 aliphatic carbocycles. The first-order valence-electron chi connectivity index (χ1n) is 11.4. The van der Waals surface area contributed by atoms with Gasteiger partial charge < -0.3 is 14.7 Å². The largest absolute Gasteiger partial charge is 0.444 e. The molecular formula is C25H33N3O4. The Kier molecular flexibility index (Phi) is 5.88. The van der Waals surface area contributed by atoms with Crippen molar-refractivity contribution in [3.8, 4) is 11.3 Å². The van der Waals surface area contributed by atoms with Crippen molar-refractivity contribution in [2.45, 2.75) is 70.6 Å². The minimum atomic E-state index is -1.08.